The Morgan fingerprint density at radius 1 is 1.12 bits per heavy atom. The van der Waals surface area contributed by atoms with Crippen molar-refractivity contribution in [2.75, 3.05) is 5.32 Å². The monoisotopic (exact) mass is 358 g/mol. The predicted octanol–water partition coefficient (Wildman–Crippen LogP) is 4.83. The molecule has 0 aliphatic rings. The average molecular weight is 358 g/mol. The minimum absolute atomic E-state index is 0.0443. The van der Waals surface area contributed by atoms with Crippen LogP contribution < -0.4 is 5.32 Å². The smallest absolute Gasteiger partial charge is 0.230 e. The van der Waals surface area contributed by atoms with E-state index < -0.39 is 23.2 Å². The normalized spacial score (nSPS) is 10.7. The van der Waals surface area contributed by atoms with Crippen molar-refractivity contribution in [3.05, 3.63) is 70.7 Å². The molecule has 0 spiro atoms. The highest BCUT2D eigenvalue weighted by molar-refractivity contribution is 7.13. The third-order valence-electron chi connectivity index (χ3n) is 3.73. The van der Waals surface area contributed by atoms with Crippen molar-refractivity contribution in [2.45, 2.75) is 19.8 Å². The highest BCUT2D eigenvalue weighted by atomic mass is 32.1. The summed E-state index contributed by atoms with van der Waals surface area (Å²) in [5.41, 5.74) is 2.35. The summed E-state index contributed by atoms with van der Waals surface area (Å²) in [6.45, 7) is 2.09. The van der Waals surface area contributed by atoms with E-state index in [-0.39, 0.29) is 6.42 Å². The molecule has 0 atom stereocenters. The number of thiazole rings is 1. The number of benzene rings is 2. The molecule has 0 bridgehead atoms. The summed E-state index contributed by atoms with van der Waals surface area (Å²) in [4.78, 5) is 16.5. The van der Waals surface area contributed by atoms with Crippen LogP contribution in [0.15, 0.2) is 47.8 Å². The number of carbonyl (C=O) groups excluding carboxylic acids is 1. The molecule has 0 aliphatic carbocycles. The molecule has 1 aromatic heterocycles. The minimum atomic E-state index is -0.802. The molecule has 3 aromatic rings. The molecule has 1 amide bonds. The van der Waals surface area contributed by atoms with Crippen LogP contribution >= 0.6 is 11.3 Å². The van der Waals surface area contributed by atoms with Crippen LogP contribution in [0.3, 0.4) is 0 Å². The van der Waals surface area contributed by atoms with Crippen LogP contribution in [-0.2, 0) is 17.6 Å². The molecule has 1 N–H and O–H groups in total. The van der Waals surface area contributed by atoms with E-state index in [9.17, 15) is 13.6 Å². The molecule has 2 aromatic carbocycles. The number of carbonyl (C=O) groups is 1. The summed E-state index contributed by atoms with van der Waals surface area (Å²) < 4.78 is 27.1. The van der Waals surface area contributed by atoms with E-state index in [1.54, 1.807) is 5.38 Å². The number of halogens is 2. The first-order valence-electron chi connectivity index (χ1n) is 7.84. The second-order valence-electron chi connectivity index (χ2n) is 5.52. The molecular weight excluding hydrogens is 342 g/mol. The van der Waals surface area contributed by atoms with E-state index in [0.717, 1.165) is 29.1 Å². The number of para-hydroxylation sites is 1. The van der Waals surface area contributed by atoms with E-state index >= 15 is 0 Å². The highest BCUT2D eigenvalue weighted by Gasteiger charge is 2.14. The van der Waals surface area contributed by atoms with Gasteiger partial charge in [0.15, 0.2) is 0 Å². The number of amides is 1. The largest absolute Gasteiger partial charge is 0.321 e. The summed E-state index contributed by atoms with van der Waals surface area (Å²) in [5, 5.41) is 4.85. The van der Waals surface area contributed by atoms with Gasteiger partial charge in [0.05, 0.1) is 12.1 Å². The number of hydrogen-bond donors (Lipinski definition) is 1. The quantitative estimate of drug-likeness (QED) is 0.710. The maximum absolute atomic E-state index is 13.6. The van der Waals surface area contributed by atoms with E-state index in [1.165, 1.54) is 23.0 Å². The fourth-order valence-corrected chi connectivity index (χ4v) is 3.19. The van der Waals surface area contributed by atoms with Gasteiger partial charge in [0.2, 0.25) is 5.91 Å². The molecule has 3 nitrogen and oxygen atoms in total. The Hall–Kier alpha value is -2.60. The predicted molar refractivity (Wildman–Crippen MR) is 95.6 cm³/mol. The van der Waals surface area contributed by atoms with Gasteiger partial charge in [-0.1, -0.05) is 37.3 Å². The molecular formula is C19H16F2N2OS. The summed E-state index contributed by atoms with van der Waals surface area (Å²) in [5.74, 6) is -2.12. The van der Waals surface area contributed by atoms with Gasteiger partial charge in [-0.2, -0.15) is 0 Å². The lowest BCUT2D eigenvalue weighted by molar-refractivity contribution is -0.115. The van der Waals surface area contributed by atoms with Crippen molar-refractivity contribution in [1.82, 2.24) is 4.98 Å². The minimum Gasteiger partial charge on any atom is -0.321 e. The van der Waals surface area contributed by atoms with Gasteiger partial charge in [0, 0.05) is 10.9 Å². The molecule has 0 saturated heterocycles. The topological polar surface area (TPSA) is 42.0 Å². The van der Waals surface area contributed by atoms with Crippen LogP contribution in [0.4, 0.5) is 14.5 Å². The van der Waals surface area contributed by atoms with E-state index in [0.29, 0.717) is 5.69 Å². The molecule has 0 radical (unpaired) electrons. The Bertz CT molecular complexity index is 870. The van der Waals surface area contributed by atoms with Crippen LogP contribution in [0.1, 0.15) is 18.2 Å². The van der Waals surface area contributed by atoms with Gasteiger partial charge in [-0.25, -0.2) is 13.8 Å². The first kappa shape index (κ1) is 17.2. The molecule has 1 heterocycles. The fraction of sp³-hybridized carbons (Fsp3) is 0.158. The molecule has 0 fully saturated rings. The van der Waals surface area contributed by atoms with Gasteiger partial charge >= 0.3 is 0 Å². The molecule has 3 rings (SSSR count). The number of nitrogens with one attached hydrogen (secondary N) is 1. The number of anilines is 1. The third-order valence-corrected chi connectivity index (χ3v) is 4.67. The summed E-state index contributed by atoms with van der Waals surface area (Å²) in [7, 11) is 0. The van der Waals surface area contributed by atoms with Crippen molar-refractivity contribution in [3.8, 4) is 10.6 Å². The van der Waals surface area contributed by atoms with Crippen molar-refractivity contribution >= 4 is 22.9 Å². The average Bonchev–Trinajstić information content (AvgIpc) is 3.07. The fourth-order valence-electron chi connectivity index (χ4n) is 2.37. The van der Waals surface area contributed by atoms with Gasteiger partial charge in [-0.3, -0.25) is 4.79 Å². The Kier molecular flexibility index (Phi) is 5.19. The van der Waals surface area contributed by atoms with E-state index in [2.05, 4.69) is 17.2 Å². The van der Waals surface area contributed by atoms with Crippen LogP contribution in [0.2, 0.25) is 0 Å². The van der Waals surface area contributed by atoms with Gasteiger partial charge in [0.25, 0.3) is 0 Å². The van der Waals surface area contributed by atoms with Crippen molar-refractivity contribution < 1.29 is 13.6 Å². The number of rotatable bonds is 5. The van der Waals surface area contributed by atoms with Crippen LogP contribution in [0.5, 0.6) is 0 Å². The van der Waals surface area contributed by atoms with Crippen LogP contribution in [0, 0.1) is 11.6 Å². The van der Waals surface area contributed by atoms with Crippen molar-refractivity contribution in [1.29, 1.82) is 0 Å². The standard InChI is InChI=1S/C19H16F2N2OS/c1-2-12-6-8-13(9-7-12)19-22-14(11-25-19)10-17(24)23-18-15(20)4-3-5-16(18)21/h3-9,11H,2,10H2,1H3,(H,23,24). The van der Waals surface area contributed by atoms with E-state index in [4.69, 9.17) is 0 Å². The lowest BCUT2D eigenvalue weighted by Gasteiger charge is -2.06. The number of hydrogen-bond acceptors (Lipinski definition) is 3. The summed E-state index contributed by atoms with van der Waals surface area (Å²) >= 11 is 1.43. The van der Waals surface area contributed by atoms with E-state index in [1.807, 2.05) is 24.3 Å². The van der Waals surface area contributed by atoms with Crippen LogP contribution in [0.25, 0.3) is 10.6 Å². The number of aryl methyl sites for hydroxylation is 1. The third kappa shape index (κ3) is 4.09. The maximum Gasteiger partial charge on any atom is 0.230 e. The molecule has 0 unspecified atom stereocenters. The first-order valence-corrected chi connectivity index (χ1v) is 8.72. The maximum atomic E-state index is 13.6. The Morgan fingerprint density at radius 2 is 1.80 bits per heavy atom. The Labute approximate surface area is 148 Å². The number of nitrogens with zero attached hydrogens (tertiary/aromatic N) is 1. The zero-order valence-electron chi connectivity index (χ0n) is 13.6. The van der Waals surface area contributed by atoms with Crippen LogP contribution in [-0.4, -0.2) is 10.9 Å². The SMILES string of the molecule is CCc1ccc(-c2nc(CC(=O)Nc3c(F)cccc3F)cs2)cc1. The van der Waals surface area contributed by atoms with Gasteiger partial charge in [-0.15, -0.1) is 11.3 Å². The number of aromatic nitrogens is 1. The molecule has 128 valence electrons. The highest BCUT2D eigenvalue weighted by Crippen LogP contribution is 2.25. The molecule has 25 heavy (non-hydrogen) atoms. The zero-order chi connectivity index (χ0) is 17.8. The Morgan fingerprint density at radius 3 is 2.44 bits per heavy atom. The molecule has 0 saturated carbocycles. The summed E-state index contributed by atoms with van der Waals surface area (Å²) in [6, 6.07) is 11.5. The van der Waals surface area contributed by atoms with Gasteiger partial charge < -0.3 is 5.32 Å². The molecule has 6 heteroatoms. The van der Waals surface area contributed by atoms with Gasteiger partial charge in [-0.05, 0) is 24.1 Å². The second-order valence-corrected chi connectivity index (χ2v) is 6.37. The Balaban J connectivity index is 1.69. The second kappa shape index (κ2) is 7.53. The first-order chi connectivity index (χ1) is 12.1. The zero-order valence-corrected chi connectivity index (χ0v) is 14.4. The van der Waals surface area contributed by atoms with Crippen molar-refractivity contribution in [2.24, 2.45) is 0 Å². The summed E-state index contributed by atoms with van der Waals surface area (Å²) in [6.07, 6.45) is 0.924. The van der Waals surface area contributed by atoms with Crippen molar-refractivity contribution in [3.63, 3.8) is 0 Å². The lowest BCUT2D eigenvalue weighted by Crippen LogP contribution is -2.16. The molecule has 0 aliphatic heterocycles. The van der Waals surface area contributed by atoms with Gasteiger partial charge in [0.1, 0.15) is 22.3 Å². The lowest BCUT2D eigenvalue weighted by atomic mass is 10.1.